The standard InChI is InChI=1S/C21H24O7S/c1-24-10-9-14-5-7-17-16(11-14)21(29(4,22)23)20(28-17)15-6-8-18(27-13-25-2)19(12-15)26-3/h5-8,11-12H,9-10,13H2,1-4H3. The zero-order valence-corrected chi connectivity index (χ0v) is 17.7. The van der Waals surface area contributed by atoms with Crippen molar-refractivity contribution in [2.45, 2.75) is 11.3 Å². The molecular formula is C21H24O7S. The number of rotatable bonds is 9. The van der Waals surface area contributed by atoms with Crippen molar-refractivity contribution in [3.05, 3.63) is 42.0 Å². The predicted molar refractivity (Wildman–Crippen MR) is 109 cm³/mol. The van der Waals surface area contributed by atoms with Gasteiger partial charge in [0.25, 0.3) is 0 Å². The number of hydrogen-bond acceptors (Lipinski definition) is 7. The highest BCUT2D eigenvalue weighted by molar-refractivity contribution is 7.91. The summed E-state index contributed by atoms with van der Waals surface area (Å²) in [5.74, 6) is 1.19. The molecule has 0 unspecified atom stereocenters. The van der Waals surface area contributed by atoms with E-state index in [-0.39, 0.29) is 17.4 Å². The molecule has 2 aromatic carbocycles. The van der Waals surface area contributed by atoms with Crippen LogP contribution < -0.4 is 9.47 Å². The van der Waals surface area contributed by atoms with Crippen LogP contribution in [0.4, 0.5) is 0 Å². The molecule has 0 amide bonds. The van der Waals surface area contributed by atoms with Gasteiger partial charge in [-0.3, -0.25) is 0 Å². The predicted octanol–water partition coefficient (Wildman–Crippen LogP) is 3.68. The van der Waals surface area contributed by atoms with Crippen LogP contribution in [0, 0.1) is 0 Å². The van der Waals surface area contributed by atoms with E-state index < -0.39 is 9.84 Å². The average molecular weight is 420 g/mol. The lowest BCUT2D eigenvalue weighted by molar-refractivity contribution is 0.0492. The molecular weight excluding hydrogens is 396 g/mol. The van der Waals surface area contributed by atoms with Crippen molar-refractivity contribution in [3.63, 3.8) is 0 Å². The third-order valence-corrected chi connectivity index (χ3v) is 5.58. The molecule has 29 heavy (non-hydrogen) atoms. The van der Waals surface area contributed by atoms with Crippen molar-refractivity contribution in [3.8, 4) is 22.8 Å². The van der Waals surface area contributed by atoms with Gasteiger partial charge in [-0.1, -0.05) is 6.07 Å². The van der Waals surface area contributed by atoms with E-state index in [4.69, 9.17) is 23.4 Å². The molecule has 0 saturated carbocycles. The van der Waals surface area contributed by atoms with Gasteiger partial charge in [0.1, 0.15) is 10.5 Å². The van der Waals surface area contributed by atoms with Crippen molar-refractivity contribution in [1.29, 1.82) is 0 Å². The van der Waals surface area contributed by atoms with Gasteiger partial charge in [-0.05, 0) is 42.3 Å². The van der Waals surface area contributed by atoms with E-state index in [1.807, 2.05) is 12.1 Å². The van der Waals surface area contributed by atoms with Crippen LogP contribution >= 0.6 is 0 Å². The summed E-state index contributed by atoms with van der Waals surface area (Å²) in [7, 11) is 1.10. The van der Waals surface area contributed by atoms with Crippen LogP contribution in [-0.4, -0.2) is 49.4 Å². The van der Waals surface area contributed by atoms with Crippen LogP contribution in [0.3, 0.4) is 0 Å². The highest BCUT2D eigenvalue weighted by Crippen LogP contribution is 2.40. The molecule has 3 aromatic rings. The van der Waals surface area contributed by atoms with Gasteiger partial charge < -0.3 is 23.4 Å². The maximum atomic E-state index is 12.6. The van der Waals surface area contributed by atoms with E-state index in [0.717, 1.165) is 5.56 Å². The molecule has 7 nitrogen and oxygen atoms in total. The molecule has 0 bridgehead atoms. The molecule has 0 aliphatic carbocycles. The zero-order chi connectivity index (χ0) is 21.0. The van der Waals surface area contributed by atoms with E-state index in [1.54, 1.807) is 31.4 Å². The van der Waals surface area contributed by atoms with E-state index in [9.17, 15) is 8.42 Å². The number of fused-ring (bicyclic) bond motifs is 1. The molecule has 3 rings (SSSR count). The Morgan fingerprint density at radius 2 is 1.76 bits per heavy atom. The number of sulfone groups is 1. The van der Waals surface area contributed by atoms with Gasteiger partial charge in [-0.25, -0.2) is 8.42 Å². The molecule has 8 heteroatoms. The molecule has 156 valence electrons. The summed E-state index contributed by atoms with van der Waals surface area (Å²) in [6.07, 6.45) is 1.85. The SMILES string of the molecule is COCCc1ccc2oc(-c3ccc(OCOC)c(OC)c3)c(S(C)(=O)=O)c2c1. The van der Waals surface area contributed by atoms with Gasteiger partial charge in [0.05, 0.1) is 13.7 Å². The van der Waals surface area contributed by atoms with Crippen molar-refractivity contribution in [1.82, 2.24) is 0 Å². The minimum atomic E-state index is -3.56. The molecule has 0 aliphatic heterocycles. The minimum Gasteiger partial charge on any atom is -0.493 e. The number of hydrogen-bond donors (Lipinski definition) is 0. The van der Waals surface area contributed by atoms with Crippen LogP contribution in [-0.2, 0) is 25.7 Å². The number of benzene rings is 2. The Bertz CT molecular complexity index is 1100. The first kappa shape index (κ1) is 21.2. The lowest BCUT2D eigenvalue weighted by Crippen LogP contribution is -2.01. The summed E-state index contributed by atoms with van der Waals surface area (Å²) >= 11 is 0. The summed E-state index contributed by atoms with van der Waals surface area (Å²) < 4.78 is 52.1. The van der Waals surface area contributed by atoms with Crippen LogP contribution in [0.5, 0.6) is 11.5 Å². The highest BCUT2D eigenvalue weighted by Gasteiger charge is 2.25. The first-order valence-electron chi connectivity index (χ1n) is 8.93. The van der Waals surface area contributed by atoms with Crippen molar-refractivity contribution in [2.75, 3.05) is 41.0 Å². The lowest BCUT2D eigenvalue weighted by Gasteiger charge is -2.11. The molecule has 0 atom stereocenters. The van der Waals surface area contributed by atoms with Crippen LogP contribution in [0.15, 0.2) is 45.7 Å². The molecule has 0 N–H and O–H groups in total. The second-order valence-electron chi connectivity index (χ2n) is 6.52. The Labute approximate surface area is 170 Å². The Balaban J connectivity index is 2.16. The van der Waals surface area contributed by atoms with Crippen LogP contribution in [0.1, 0.15) is 5.56 Å². The minimum absolute atomic E-state index is 0.0686. The van der Waals surface area contributed by atoms with E-state index in [0.29, 0.717) is 41.1 Å². The Hall–Kier alpha value is -2.55. The number of furan rings is 1. The Morgan fingerprint density at radius 3 is 2.41 bits per heavy atom. The van der Waals surface area contributed by atoms with Crippen LogP contribution in [0.2, 0.25) is 0 Å². The summed E-state index contributed by atoms with van der Waals surface area (Å²) in [6.45, 7) is 0.615. The Morgan fingerprint density at radius 1 is 0.966 bits per heavy atom. The van der Waals surface area contributed by atoms with E-state index in [2.05, 4.69) is 0 Å². The molecule has 0 saturated heterocycles. The third kappa shape index (κ3) is 4.55. The fraction of sp³-hybridized carbons (Fsp3) is 0.333. The summed E-state index contributed by atoms with van der Waals surface area (Å²) in [4.78, 5) is 0.152. The van der Waals surface area contributed by atoms with Gasteiger partial charge in [0, 0.05) is 31.4 Å². The number of ether oxygens (including phenoxy) is 4. The van der Waals surface area contributed by atoms with Gasteiger partial charge in [0.15, 0.2) is 33.9 Å². The molecule has 0 spiro atoms. The second kappa shape index (κ2) is 8.86. The summed E-state index contributed by atoms with van der Waals surface area (Å²) in [6, 6.07) is 10.6. The third-order valence-electron chi connectivity index (χ3n) is 4.43. The number of methoxy groups -OCH3 is 3. The highest BCUT2D eigenvalue weighted by atomic mass is 32.2. The van der Waals surface area contributed by atoms with Gasteiger partial charge in [-0.2, -0.15) is 0 Å². The topological polar surface area (TPSA) is 84.2 Å². The fourth-order valence-corrected chi connectivity index (χ4v) is 4.16. The second-order valence-corrected chi connectivity index (χ2v) is 8.47. The maximum absolute atomic E-state index is 12.6. The molecule has 0 aliphatic rings. The molecule has 0 fully saturated rings. The normalized spacial score (nSPS) is 11.7. The van der Waals surface area contributed by atoms with Gasteiger partial charge >= 0.3 is 0 Å². The fourth-order valence-electron chi connectivity index (χ4n) is 3.11. The largest absolute Gasteiger partial charge is 0.493 e. The van der Waals surface area contributed by atoms with E-state index >= 15 is 0 Å². The Kier molecular flexibility index (Phi) is 6.46. The molecule has 1 aromatic heterocycles. The first-order chi connectivity index (χ1) is 13.9. The quantitative estimate of drug-likeness (QED) is 0.488. The van der Waals surface area contributed by atoms with Crippen molar-refractivity contribution >= 4 is 20.8 Å². The monoisotopic (exact) mass is 420 g/mol. The summed E-state index contributed by atoms with van der Waals surface area (Å²) in [5.41, 5.74) is 2.04. The summed E-state index contributed by atoms with van der Waals surface area (Å²) in [5, 5.41) is 0.551. The average Bonchev–Trinajstić information content (AvgIpc) is 3.09. The maximum Gasteiger partial charge on any atom is 0.188 e. The van der Waals surface area contributed by atoms with Crippen molar-refractivity contribution in [2.24, 2.45) is 0 Å². The first-order valence-corrected chi connectivity index (χ1v) is 10.8. The molecule has 1 heterocycles. The van der Waals surface area contributed by atoms with E-state index in [1.165, 1.54) is 20.5 Å². The zero-order valence-electron chi connectivity index (χ0n) is 16.9. The smallest absolute Gasteiger partial charge is 0.188 e. The lowest BCUT2D eigenvalue weighted by atomic mass is 10.1. The van der Waals surface area contributed by atoms with Crippen LogP contribution in [0.25, 0.3) is 22.3 Å². The van der Waals surface area contributed by atoms with Crippen molar-refractivity contribution < 1.29 is 31.8 Å². The van der Waals surface area contributed by atoms with Gasteiger partial charge in [-0.15, -0.1) is 0 Å². The van der Waals surface area contributed by atoms with Gasteiger partial charge in [0.2, 0.25) is 0 Å². The molecule has 0 radical (unpaired) electrons.